The van der Waals surface area contributed by atoms with E-state index in [0.717, 1.165) is 5.56 Å². The molecule has 0 heterocycles. The third kappa shape index (κ3) is 4.67. The van der Waals surface area contributed by atoms with Gasteiger partial charge in [-0.05, 0) is 46.6 Å². The van der Waals surface area contributed by atoms with Gasteiger partial charge in [0.05, 0.1) is 4.47 Å². The van der Waals surface area contributed by atoms with Gasteiger partial charge < -0.3 is 10.1 Å². The first-order chi connectivity index (χ1) is 9.85. The zero-order valence-corrected chi connectivity index (χ0v) is 12.7. The van der Waals surface area contributed by atoms with Crippen LogP contribution in [0.5, 0.6) is 5.75 Å². The molecule has 2 aromatic carbocycles. The summed E-state index contributed by atoms with van der Waals surface area (Å²) >= 11 is 3.08. The Kier molecular flexibility index (Phi) is 4.77. The molecule has 0 amide bonds. The quantitative estimate of drug-likeness (QED) is 0.775. The van der Waals surface area contributed by atoms with Crippen molar-refractivity contribution in [3.63, 3.8) is 0 Å². The van der Waals surface area contributed by atoms with Gasteiger partial charge in [0.1, 0.15) is 5.75 Å². The SMILES string of the molecule is CC(Nc1ccc(OC(F)(F)F)c(Br)c1)c1ccccc1. The average Bonchev–Trinajstić information content (AvgIpc) is 2.41. The van der Waals surface area contributed by atoms with Gasteiger partial charge >= 0.3 is 6.36 Å². The van der Waals surface area contributed by atoms with Crippen LogP contribution in [0.3, 0.4) is 0 Å². The number of ether oxygens (including phenoxy) is 1. The molecule has 112 valence electrons. The summed E-state index contributed by atoms with van der Waals surface area (Å²) in [4.78, 5) is 0. The Morgan fingerprint density at radius 2 is 1.76 bits per heavy atom. The van der Waals surface area contributed by atoms with Gasteiger partial charge in [0.15, 0.2) is 0 Å². The van der Waals surface area contributed by atoms with E-state index in [4.69, 9.17) is 0 Å². The van der Waals surface area contributed by atoms with Gasteiger partial charge in [-0.15, -0.1) is 13.2 Å². The Bertz CT molecular complexity index is 602. The summed E-state index contributed by atoms with van der Waals surface area (Å²) in [6, 6.07) is 14.2. The first-order valence-corrected chi connectivity index (χ1v) is 7.01. The number of benzene rings is 2. The van der Waals surface area contributed by atoms with Crippen molar-refractivity contribution in [3.05, 3.63) is 58.6 Å². The van der Waals surface area contributed by atoms with E-state index in [1.54, 1.807) is 12.1 Å². The van der Waals surface area contributed by atoms with E-state index in [0.29, 0.717) is 5.69 Å². The van der Waals surface area contributed by atoms with Crippen LogP contribution in [0.1, 0.15) is 18.5 Å². The molecule has 6 heteroatoms. The smallest absolute Gasteiger partial charge is 0.405 e. The highest BCUT2D eigenvalue weighted by molar-refractivity contribution is 9.10. The van der Waals surface area contributed by atoms with Crippen LogP contribution in [-0.4, -0.2) is 6.36 Å². The second kappa shape index (κ2) is 6.39. The largest absolute Gasteiger partial charge is 0.573 e. The predicted octanol–water partition coefficient (Wildman–Crippen LogP) is 5.52. The van der Waals surface area contributed by atoms with E-state index in [1.807, 2.05) is 37.3 Å². The maximum absolute atomic E-state index is 12.2. The molecule has 1 atom stereocenters. The number of halogens is 4. The lowest BCUT2D eigenvalue weighted by atomic mass is 10.1. The molecule has 0 aliphatic rings. The number of nitrogens with one attached hydrogen (secondary N) is 1. The molecule has 21 heavy (non-hydrogen) atoms. The lowest BCUT2D eigenvalue weighted by molar-refractivity contribution is -0.274. The van der Waals surface area contributed by atoms with Crippen LogP contribution in [-0.2, 0) is 0 Å². The van der Waals surface area contributed by atoms with Gasteiger partial charge in [0.2, 0.25) is 0 Å². The molecule has 0 saturated heterocycles. The molecular weight excluding hydrogens is 347 g/mol. The van der Waals surface area contributed by atoms with Crippen molar-refractivity contribution >= 4 is 21.6 Å². The molecule has 0 bridgehead atoms. The second-order valence-corrected chi connectivity index (χ2v) is 5.32. The summed E-state index contributed by atoms with van der Waals surface area (Å²) in [5.41, 5.74) is 1.79. The van der Waals surface area contributed by atoms with Crippen LogP contribution >= 0.6 is 15.9 Å². The normalized spacial score (nSPS) is 12.8. The third-order valence-corrected chi connectivity index (χ3v) is 3.46. The molecule has 0 fully saturated rings. The molecule has 2 rings (SSSR count). The fourth-order valence-electron chi connectivity index (χ4n) is 1.87. The molecule has 1 N–H and O–H groups in total. The Balaban J connectivity index is 2.10. The molecule has 0 radical (unpaired) electrons. The monoisotopic (exact) mass is 359 g/mol. The lowest BCUT2D eigenvalue weighted by Gasteiger charge is -2.17. The summed E-state index contributed by atoms with van der Waals surface area (Å²) < 4.78 is 40.7. The van der Waals surface area contributed by atoms with Crippen molar-refractivity contribution in [1.29, 1.82) is 0 Å². The average molecular weight is 360 g/mol. The zero-order valence-electron chi connectivity index (χ0n) is 11.1. The minimum atomic E-state index is -4.70. The van der Waals surface area contributed by atoms with Gasteiger partial charge in [-0.3, -0.25) is 0 Å². The van der Waals surface area contributed by atoms with Crippen LogP contribution in [0.25, 0.3) is 0 Å². The highest BCUT2D eigenvalue weighted by Gasteiger charge is 2.31. The first-order valence-electron chi connectivity index (χ1n) is 6.22. The predicted molar refractivity (Wildman–Crippen MR) is 79.3 cm³/mol. The summed E-state index contributed by atoms with van der Waals surface area (Å²) in [6.07, 6.45) is -4.70. The van der Waals surface area contributed by atoms with Crippen LogP contribution in [0.2, 0.25) is 0 Å². The maximum atomic E-state index is 12.2. The molecular formula is C15H13BrF3NO. The maximum Gasteiger partial charge on any atom is 0.573 e. The van der Waals surface area contributed by atoms with Gasteiger partial charge in [0.25, 0.3) is 0 Å². The molecule has 2 aromatic rings. The van der Waals surface area contributed by atoms with E-state index >= 15 is 0 Å². The van der Waals surface area contributed by atoms with Crippen molar-refractivity contribution in [1.82, 2.24) is 0 Å². The molecule has 0 aromatic heterocycles. The summed E-state index contributed by atoms with van der Waals surface area (Å²) in [7, 11) is 0. The Morgan fingerprint density at radius 3 is 2.33 bits per heavy atom. The zero-order chi connectivity index (χ0) is 15.5. The van der Waals surface area contributed by atoms with E-state index in [2.05, 4.69) is 26.0 Å². The number of alkyl halides is 3. The molecule has 0 aliphatic carbocycles. The van der Waals surface area contributed by atoms with Crippen molar-refractivity contribution in [2.24, 2.45) is 0 Å². The van der Waals surface area contributed by atoms with Crippen LogP contribution in [0.15, 0.2) is 53.0 Å². The molecule has 2 nitrogen and oxygen atoms in total. The molecule has 0 spiro atoms. The third-order valence-electron chi connectivity index (χ3n) is 2.84. The van der Waals surface area contributed by atoms with Gasteiger partial charge in [0, 0.05) is 11.7 Å². The van der Waals surface area contributed by atoms with Crippen LogP contribution < -0.4 is 10.1 Å². The second-order valence-electron chi connectivity index (χ2n) is 4.47. The van der Waals surface area contributed by atoms with Gasteiger partial charge in [-0.2, -0.15) is 0 Å². The first kappa shape index (κ1) is 15.7. The highest BCUT2D eigenvalue weighted by atomic mass is 79.9. The fourth-order valence-corrected chi connectivity index (χ4v) is 2.33. The standard InChI is InChI=1S/C15H13BrF3NO/c1-10(11-5-3-2-4-6-11)20-12-7-8-14(13(16)9-12)21-15(17,18)19/h2-10,20H,1H3. The Hall–Kier alpha value is -1.69. The van der Waals surface area contributed by atoms with E-state index in [1.165, 1.54) is 6.07 Å². The number of rotatable bonds is 4. The molecule has 0 aliphatic heterocycles. The minimum absolute atomic E-state index is 0.0347. The number of hydrogen-bond donors (Lipinski definition) is 1. The van der Waals surface area contributed by atoms with Crippen molar-refractivity contribution < 1.29 is 17.9 Å². The molecule has 1 unspecified atom stereocenters. The van der Waals surface area contributed by atoms with Crippen LogP contribution in [0, 0.1) is 0 Å². The van der Waals surface area contributed by atoms with Crippen LogP contribution in [0.4, 0.5) is 18.9 Å². The minimum Gasteiger partial charge on any atom is -0.405 e. The van der Waals surface area contributed by atoms with Crippen molar-refractivity contribution in [2.75, 3.05) is 5.32 Å². The van der Waals surface area contributed by atoms with E-state index in [9.17, 15) is 13.2 Å². The van der Waals surface area contributed by atoms with Crippen molar-refractivity contribution in [3.8, 4) is 5.75 Å². The van der Waals surface area contributed by atoms with E-state index < -0.39 is 6.36 Å². The number of hydrogen-bond acceptors (Lipinski definition) is 2. The fraction of sp³-hybridized carbons (Fsp3) is 0.200. The summed E-state index contributed by atoms with van der Waals surface area (Å²) in [5, 5.41) is 3.22. The van der Waals surface area contributed by atoms with Crippen molar-refractivity contribution in [2.45, 2.75) is 19.3 Å². The van der Waals surface area contributed by atoms with E-state index in [-0.39, 0.29) is 16.3 Å². The summed E-state index contributed by atoms with van der Waals surface area (Å²) in [5.74, 6) is -0.264. The molecule has 0 saturated carbocycles. The Labute approximate surface area is 129 Å². The van der Waals surface area contributed by atoms with Gasteiger partial charge in [-0.1, -0.05) is 30.3 Å². The topological polar surface area (TPSA) is 21.3 Å². The van der Waals surface area contributed by atoms with Gasteiger partial charge in [-0.25, -0.2) is 0 Å². The highest BCUT2D eigenvalue weighted by Crippen LogP contribution is 2.33. The number of anilines is 1. The Morgan fingerprint density at radius 1 is 1.10 bits per heavy atom. The lowest BCUT2D eigenvalue weighted by Crippen LogP contribution is -2.17. The summed E-state index contributed by atoms with van der Waals surface area (Å²) in [6.45, 7) is 1.98.